The molecular weight excluding hydrogens is 277 g/mol. The molecule has 2 aromatic rings. The van der Waals surface area contributed by atoms with E-state index in [0.717, 1.165) is 12.6 Å². The van der Waals surface area contributed by atoms with Gasteiger partial charge >= 0.3 is 5.69 Å². The summed E-state index contributed by atoms with van der Waals surface area (Å²) in [5, 5.41) is 16.5. The van der Waals surface area contributed by atoms with Crippen LogP contribution in [0.5, 0.6) is 0 Å². The third-order valence-electron chi connectivity index (χ3n) is 2.63. The molecule has 8 heteroatoms. The summed E-state index contributed by atoms with van der Waals surface area (Å²) in [6.07, 6.45) is 1.95. The van der Waals surface area contributed by atoms with Gasteiger partial charge in [-0.1, -0.05) is 19.1 Å². The van der Waals surface area contributed by atoms with Gasteiger partial charge in [0, 0.05) is 6.54 Å². The lowest BCUT2D eigenvalue weighted by Crippen LogP contribution is -2.08. The normalized spacial score (nSPS) is 10.2. The van der Waals surface area contributed by atoms with E-state index in [-0.39, 0.29) is 23.1 Å². The van der Waals surface area contributed by atoms with E-state index in [1.807, 2.05) is 6.92 Å². The van der Waals surface area contributed by atoms with E-state index in [9.17, 15) is 14.5 Å². The molecule has 0 saturated carbocycles. The number of hydrogen-bond donors (Lipinski definition) is 2. The van der Waals surface area contributed by atoms with Crippen LogP contribution in [0.1, 0.15) is 13.3 Å². The molecule has 1 aromatic heterocycles. The summed E-state index contributed by atoms with van der Waals surface area (Å²) in [4.78, 5) is 18.3. The van der Waals surface area contributed by atoms with E-state index < -0.39 is 10.7 Å². The predicted molar refractivity (Wildman–Crippen MR) is 77.1 cm³/mol. The van der Waals surface area contributed by atoms with Crippen LogP contribution in [-0.4, -0.2) is 21.4 Å². The number of rotatable bonds is 6. The minimum atomic E-state index is -0.618. The van der Waals surface area contributed by atoms with Crippen LogP contribution in [0.3, 0.4) is 0 Å². The van der Waals surface area contributed by atoms with Crippen LogP contribution >= 0.6 is 0 Å². The fourth-order valence-corrected chi connectivity index (χ4v) is 1.61. The summed E-state index contributed by atoms with van der Waals surface area (Å²) in [7, 11) is 0. The number of nitro groups is 1. The second-order valence-corrected chi connectivity index (χ2v) is 4.22. The Balaban J connectivity index is 2.34. The van der Waals surface area contributed by atoms with Crippen molar-refractivity contribution in [1.82, 2.24) is 9.97 Å². The number of para-hydroxylation sites is 1. The van der Waals surface area contributed by atoms with E-state index in [1.165, 1.54) is 18.2 Å². The minimum absolute atomic E-state index is 0.0568. The smallest absolute Gasteiger partial charge is 0.329 e. The van der Waals surface area contributed by atoms with Crippen LogP contribution < -0.4 is 10.6 Å². The van der Waals surface area contributed by atoms with Crippen molar-refractivity contribution in [3.05, 3.63) is 46.4 Å². The highest BCUT2D eigenvalue weighted by atomic mass is 19.1. The van der Waals surface area contributed by atoms with Crippen LogP contribution in [0, 0.1) is 15.9 Å². The molecule has 2 N–H and O–H groups in total. The number of nitrogens with one attached hydrogen (secondary N) is 2. The number of hydrogen-bond acceptors (Lipinski definition) is 6. The average molecular weight is 291 g/mol. The Bertz CT molecular complexity index is 650. The SMILES string of the molecule is CCCNc1ncc([N+](=O)[O-])c(Nc2ccccc2F)n1. The lowest BCUT2D eigenvalue weighted by atomic mass is 10.3. The highest BCUT2D eigenvalue weighted by molar-refractivity contribution is 5.66. The maximum Gasteiger partial charge on any atom is 0.329 e. The van der Waals surface area contributed by atoms with Gasteiger partial charge in [0.05, 0.1) is 10.6 Å². The zero-order chi connectivity index (χ0) is 15.2. The molecule has 0 unspecified atom stereocenters. The molecule has 1 aromatic carbocycles. The van der Waals surface area contributed by atoms with Crippen molar-refractivity contribution in [1.29, 1.82) is 0 Å². The van der Waals surface area contributed by atoms with Crippen molar-refractivity contribution >= 4 is 23.1 Å². The van der Waals surface area contributed by atoms with E-state index in [1.54, 1.807) is 6.07 Å². The third-order valence-corrected chi connectivity index (χ3v) is 2.63. The van der Waals surface area contributed by atoms with Gasteiger partial charge in [0.25, 0.3) is 0 Å². The van der Waals surface area contributed by atoms with Crippen molar-refractivity contribution in [2.45, 2.75) is 13.3 Å². The van der Waals surface area contributed by atoms with Crippen molar-refractivity contribution < 1.29 is 9.31 Å². The summed E-state index contributed by atoms with van der Waals surface area (Å²) in [6.45, 7) is 2.61. The number of nitrogens with zero attached hydrogens (tertiary/aromatic N) is 3. The van der Waals surface area contributed by atoms with Crippen LogP contribution in [0.25, 0.3) is 0 Å². The van der Waals surface area contributed by atoms with Crippen molar-refractivity contribution in [2.75, 3.05) is 17.2 Å². The van der Waals surface area contributed by atoms with Crippen LogP contribution in [-0.2, 0) is 0 Å². The monoisotopic (exact) mass is 291 g/mol. The first-order valence-corrected chi connectivity index (χ1v) is 6.38. The van der Waals surface area contributed by atoms with E-state index in [4.69, 9.17) is 0 Å². The van der Waals surface area contributed by atoms with Crippen LogP contribution in [0.15, 0.2) is 30.5 Å². The first-order chi connectivity index (χ1) is 10.1. The molecule has 0 aliphatic carbocycles. The lowest BCUT2D eigenvalue weighted by molar-refractivity contribution is -0.384. The Hall–Kier alpha value is -2.77. The number of aromatic nitrogens is 2. The molecule has 1 heterocycles. The van der Waals surface area contributed by atoms with Gasteiger partial charge in [-0.05, 0) is 18.6 Å². The predicted octanol–water partition coefficient (Wildman–Crippen LogP) is 3.09. The molecule has 2 rings (SSSR count). The fourth-order valence-electron chi connectivity index (χ4n) is 1.61. The number of halogens is 1. The summed E-state index contributed by atoms with van der Waals surface area (Å²) in [5.41, 5.74) is -0.207. The molecule has 0 saturated heterocycles. The zero-order valence-electron chi connectivity index (χ0n) is 11.3. The molecule has 0 aliphatic rings. The summed E-state index contributed by atoms with van der Waals surface area (Å²) >= 11 is 0. The first-order valence-electron chi connectivity index (χ1n) is 6.38. The van der Waals surface area contributed by atoms with E-state index in [0.29, 0.717) is 6.54 Å². The molecule has 0 fully saturated rings. The Morgan fingerprint density at radius 2 is 2.14 bits per heavy atom. The maximum atomic E-state index is 13.6. The van der Waals surface area contributed by atoms with Crippen LogP contribution in [0.2, 0.25) is 0 Å². The molecule has 0 spiro atoms. The highest BCUT2D eigenvalue weighted by Gasteiger charge is 2.18. The van der Waals surface area contributed by atoms with Gasteiger partial charge in [-0.25, -0.2) is 9.37 Å². The number of benzene rings is 1. The zero-order valence-corrected chi connectivity index (χ0v) is 11.3. The van der Waals surface area contributed by atoms with Gasteiger partial charge in [0.15, 0.2) is 0 Å². The maximum absolute atomic E-state index is 13.6. The minimum Gasteiger partial charge on any atom is -0.354 e. The molecule has 0 amide bonds. The Labute approximate surface area is 120 Å². The van der Waals surface area contributed by atoms with Crippen molar-refractivity contribution in [3.63, 3.8) is 0 Å². The molecule has 21 heavy (non-hydrogen) atoms. The second-order valence-electron chi connectivity index (χ2n) is 4.22. The topological polar surface area (TPSA) is 93.0 Å². The van der Waals surface area contributed by atoms with Crippen LogP contribution in [0.4, 0.5) is 27.5 Å². The number of anilines is 3. The van der Waals surface area contributed by atoms with Gasteiger partial charge in [-0.15, -0.1) is 0 Å². The standard InChI is InChI=1S/C13H14FN5O2/c1-2-7-15-13-16-8-11(19(20)21)12(18-13)17-10-6-4-3-5-9(10)14/h3-6,8H,2,7H2,1H3,(H2,15,16,17,18). The summed E-state index contributed by atoms with van der Waals surface area (Å²) in [5.74, 6) is -0.325. The third kappa shape index (κ3) is 3.62. The molecule has 0 aliphatic heterocycles. The largest absolute Gasteiger partial charge is 0.354 e. The van der Waals surface area contributed by atoms with Gasteiger partial charge in [0.2, 0.25) is 11.8 Å². The Morgan fingerprint density at radius 3 is 2.81 bits per heavy atom. The Morgan fingerprint density at radius 1 is 1.38 bits per heavy atom. The lowest BCUT2D eigenvalue weighted by Gasteiger charge is -2.09. The average Bonchev–Trinajstić information content (AvgIpc) is 2.47. The van der Waals surface area contributed by atoms with E-state index >= 15 is 0 Å². The highest BCUT2D eigenvalue weighted by Crippen LogP contribution is 2.26. The van der Waals surface area contributed by atoms with Gasteiger partial charge < -0.3 is 10.6 Å². The molecule has 0 bridgehead atoms. The molecule has 7 nitrogen and oxygen atoms in total. The molecule has 110 valence electrons. The van der Waals surface area contributed by atoms with Crippen molar-refractivity contribution in [2.24, 2.45) is 0 Å². The molecule has 0 atom stereocenters. The van der Waals surface area contributed by atoms with Gasteiger partial charge in [-0.2, -0.15) is 4.98 Å². The fraction of sp³-hybridized carbons (Fsp3) is 0.231. The van der Waals surface area contributed by atoms with Crippen molar-refractivity contribution in [3.8, 4) is 0 Å². The summed E-state index contributed by atoms with van der Waals surface area (Å²) < 4.78 is 13.6. The molecule has 0 radical (unpaired) electrons. The molecular formula is C13H14FN5O2. The first kappa shape index (κ1) is 14.6. The Kier molecular flexibility index (Phi) is 4.60. The van der Waals surface area contributed by atoms with E-state index in [2.05, 4.69) is 20.6 Å². The quantitative estimate of drug-likeness (QED) is 0.627. The van der Waals surface area contributed by atoms with Gasteiger partial charge in [0.1, 0.15) is 12.0 Å². The summed E-state index contributed by atoms with van der Waals surface area (Å²) in [6, 6.07) is 5.88. The second kappa shape index (κ2) is 6.60. The van der Waals surface area contributed by atoms with Gasteiger partial charge in [-0.3, -0.25) is 10.1 Å².